The largest absolute Gasteiger partial charge is 0.462 e. The minimum atomic E-state index is -0.820. The van der Waals surface area contributed by atoms with Crippen molar-refractivity contribution in [3.63, 3.8) is 0 Å². The first-order chi connectivity index (χ1) is 34.5. The first kappa shape index (κ1) is 66.1. The molecule has 0 radical (unpaired) electrons. The molecule has 70 heavy (non-hydrogen) atoms. The molecule has 0 amide bonds. The number of unbranched alkanes of at least 4 members (excludes halogenated alkanes) is 25. The fourth-order valence-electron chi connectivity index (χ4n) is 7.68. The number of ether oxygens (including phenoxy) is 3. The van der Waals surface area contributed by atoms with Gasteiger partial charge in [0.25, 0.3) is 0 Å². The number of allylic oxidation sites excluding steroid dienone is 18. The molecule has 0 heterocycles. The van der Waals surface area contributed by atoms with Gasteiger partial charge in [0.15, 0.2) is 6.10 Å². The van der Waals surface area contributed by atoms with E-state index in [4.69, 9.17) is 14.2 Å². The topological polar surface area (TPSA) is 78.9 Å². The minimum Gasteiger partial charge on any atom is -0.462 e. The van der Waals surface area contributed by atoms with Crippen LogP contribution in [0.15, 0.2) is 109 Å². The average Bonchev–Trinajstić information content (AvgIpc) is 3.36. The summed E-state index contributed by atoms with van der Waals surface area (Å²) < 4.78 is 16.8. The lowest BCUT2D eigenvalue weighted by atomic mass is 10.1. The maximum Gasteiger partial charge on any atom is 0.306 e. The van der Waals surface area contributed by atoms with Crippen molar-refractivity contribution in [2.24, 2.45) is 0 Å². The standard InChI is InChI=1S/C64H106O6/c1-4-7-10-13-16-19-22-25-28-31-34-36-39-42-45-48-51-54-57-63(66)69-60-61(70-64(67)58-55-52-49-46-43-40-37-33-30-27-24-21-18-15-12-9-6-3)59-68-62(65)56-53-50-47-44-41-38-35-32-29-26-23-20-17-14-11-8-5-2/h16-17,19-20,22,25-31,34,36-37,40,46,49,61H,4-15,18,21,23-24,32-33,35,38-39,41-45,47-48,50-60H2,1-3H3/b19-16-,20-17-,25-22-,29-26-,30-27-,31-28-,36-34-,40-37-,49-46-. The maximum absolute atomic E-state index is 12.8. The fourth-order valence-corrected chi connectivity index (χ4v) is 7.68. The van der Waals surface area contributed by atoms with Crippen molar-refractivity contribution in [1.29, 1.82) is 0 Å². The summed E-state index contributed by atoms with van der Waals surface area (Å²) in [4.78, 5) is 38.2. The highest BCUT2D eigenvalue weighted by Gasteiger charge is 2.19. The number of carbonyl (C=O) groups excluding carboxylic acids is 3. The van der Waals surface area contributed by atoms with E-state index in [0.717, 1.165) is 96.3 Å². The molecule has 0 saturated carbocycles. The van der Waals surface area contributed by atoms with Gasteiger partial charge in [0, 0.05) is 19.3 Å². The zero-order valence-corrected chi connectivity index (χ0v) is 45.5. The third kappa shape index (κ3) is 55.0. The van der Waals surface area contributed by atoms with Crippen LogP contribution in [-0.2, 0) is 28.6 Å². The van der Waals surface area contributed by atoms with Crippen molar-refractivity contribution in [2.45, 2.75) is 264 Å². The van der Waals surface area contributed by atoms with Crippen LogP contribution >= 0.6 is 0 Å². The van der Waals surface area contributed by atoms with Gasteiger partial charge >= 0.3 is 17.9 Å². The van der Waals surface area contributed by atoms with E-state index in [1.807, 2.05) is 0 Å². The van der Waals surface area contributed by atoms with Crippen LogP contribution in [0.25, 0.3) is 0 Å². The van der Waals surface area contributed by atoms with E-state index in [9.17, 15) is 14.4 Å². The Balaban J connectivity index is 4.54. The summed E-state index contributed by atoms with van der Waals surface area (Å²) in [7, 11) is 0. The summed E-state index contributed by atoms with van der Waals surface area (Å²) >= 11 is 0. The van der Waals surface area contributed by atoms with Crippen molar-refractivity contribution < 1.29 is 28.6 Å². The lowest BCUT2D eigenvalue weighted by molar-refractivity contribution is -0.167. The van der Waals surface area contributed by atoms with Crippen LogP contribution in [0.2, 0.25) is 0 Å². The number of carbonyl (C=O) groups is 3. The van der Waals surface area contributed by atoms with E-state index in [-0.39, 0.29) is 37.5 Å². The molecule has 6 heteroatoms. The van der Waals surface area contributed by atoms with Gasteiger partial charge in [-0.1, -0.05) is 239 Å². The third-order valence-corrected chi connectivity index (χ3v) is 12.1. The zero-order valence-electron chi connectivity index (χ0n) is 45.5. The summed E-state index contributed by atoms with van der Waals surface area (Å²) in [5, 5.41) is 0. The molecular formula is C64H106O6. The molecule has 0 aliphatic carbocycles. The van der Waals surface area contributed by atoms with Crippen molar-refractivity contribution in [1.82, 2.24) is 0 Å². The second-order valence-electron chi connectivity index (χ2n) is 18.9. The van der Waals surface area contributed by atoms with Crippen molar-refractivity contribution in [3.05, 3.63) is 109 Å². The van der Waals surface area contributed by atoms with Gasteiger partial charge in [-0.25, -0.2) is 0 Å². The molecule has 0 spiro atoms. The molecule has 0 aliphatic heterocycles. The molecule has 0 aromatic rings. The molecule has 6 nitrogen and oxygen atoms in total. The molecular weight excluding hydrogens is 865 g/mol. The third-order valence-electron chi connectivity index (χ3n) is 12.1. The van der Waals surface area contributed by atoms with Crippen LogP contribution in [-0.4, -0.2) is 37.2 Å². The van der Waals surface area contributed by atoms with Crippen molar-refractivity contribution in [3.8, 4) is 0 Å². The number of esters is 3. The summed E-state index contributed by atoms with van der Waals surface area (Å²) in [5.41, 5.74) is 0. The monoisotopic (exact) mass is 971 g/mol. The normalized spacial score (nSPS) is 12.9. The number of hydrogen-bond donors (Lipinski definition) is 0. The van der Waals surface area contributed by atoms with Gasteiger partial charge in [-0.05, 0) is 109 Å². The average molecular weight is 972 g/mol. The van der Waals surface area contributed by atoms with Crippen LogP contribution in [0.3, 0.4) is 0 Å². The molecule has 0 saturated heterocycles. The highest BCUT2D eigenvalue weighted by Crippen LogP contribution is 2.13. The van der Waals surface area contributed by atoms with Gasteiger partial charge in [0.1, 0.15) is 13.2 Å². The van der Waals surface area contributed by atoms with Gasteiger partial charge in [-0.3, -0.25) is 14.4 Å². The summed E-state index contributed by atoms with van der Waals surface area (Å²) in [5.74, 6) is -0.995. The molecule has 0 aromatic heterocycles. The van der Waals surface area contributed by atoms with Crippen LogP contribution in [0.4, 0.5) is 0 Å². The molecule has 0 rings (SSSR count). The fraction of sp³-hybridized carbons (Fsp3) is 0.672. The summed E-state index contributed by atoms with van der Waals surface area (Å²) in [6, 6.07) is 0. The minimum absolute atomic E-state index is 0.112. The van der Waals surface area contributed by atoms with E-state index in [0.29, 0.717) is 19.3 Å². The molecule has 1 atom stereocenters. The Kier molecular flexibility index (Phi) is 54.4. The zero-order chi connectivity index (χ0) is 50.7. The van der Waals surface area contributed by atoms with Crippen molar-refractivity contribution >= 4 is 17.9 Å². The predicted molar refractivity (Wildman–Crippen MR) is 302 cm³/mol. The molecule has 398 valence electrons. The van der Waals surface area contributed by atoms with Crippen LogP contribution < -0.4 is 0 Å². The van der Waals surface area contributed by atoms with E-state index < -0.39 is 6.10 Å². The molecule has 1 unspecified atom stereocenters. The lowest BCUT2D eigenvalue weighted by Crippen LogP contribution is -2.30. The number of hydrogen-bond acceptors (Lipinski definition) is 6. The highest BCUT2D eigenvalue weighted by molar-refractivity contribution is 5.71. The second kappa shape index (κ2) is 57.6. The van der Waals surface area contributed by atoms with Crippen LogP contribution in [0.5, 0.6) is 0 Å². The van der Waals surface area contributed by atoms with E-state index in [1.165, 1.54) is 116 Å². The first-order valence-electron chi connectivity index (χ1n) is 28.9. The van der Waals surface area contributed by atoms with Crippen molar-refractivity contribution in [2.75, 3.05) is 13.2 Å². The second-order valence-corrected chi connectivity index (χ2v) is 18.9. The van der Waals surface area contributed by atoms with Gasteiger partial charge in [0.2, 0.25) is 0 Å². The lowest BCUT2D eigenvalue weighted by Gasteiger charge is -2.18. The van der Waals surface area contributed by atoms with Crippen LogP contribution in [0, 0.1) is 0 Å². The molecule has 0 aliphatic rings. The Bertz CT molecular complexity index is 1440. The predicted octanol–water partition coefficient (Wildman–Crippen LogP) is 19.5. The maximum atomic E-state index is 12.8. The van der Waals surface area contributed by atoms with Gasteiger partial charge in [-0.2, -0.15) is 0 Å². The molecule has 0 bridgehead atoms. The smallest absolute Gasteiger partial charge is 0.306 e. The highest BCUT2D eigenvalue weighted by atomic mass is 16.6. The Hall–Kier alpha value is -3.93. The van der Waals surface area contributed by atoms with Gasteiger partial charge in [0.05, 0.1) is 0 Å². The molecule has 0 aromatic carbocycles. The Morgan fingerprint density at radius 3 is 1.00 bits per heavy atom. The van der Waals surface area contributed by atoms with Crippen LogP contribution in [0.1, 0.15) is 258 Å². The number of rotatable bonds is 51. The Labute approximate surface area is 431 Å². The molecule has 0 N–H and O–H groups in total. The Morgan fingerprint density at radius 1 is 0.300 bits per heavy atom. The van der Waals surface area contributed by atoms with Gasteiger partial charge < -0.3 is 14.2 Å². The van der Waals surface area contributed by atoms with E-state index in [2.05, 4.69) is 130 Å². The summed E-state index contributed by atoms with van der Waals surface area (Å²) in [6.07, 6.45) is 77.9. The summed E-state index contributed by atoms with van der Waals surface area (Å²) in [6.45, 7) is 6.50. The quantitative estimate of drug-likeness (QED) is 0.0199. The van der Waals surface area contributed by atoms with E-state index in [1.54, 1.807) is 0 Å². The first-order valence-corrected chi connectivity index (χ1v) is 28.9. The SMILES string of the molecule is CCCCC\C=C/C=C\C=C/C=C\CCCCCCCC(=O)OCC(COC(=O)CCCCCCCCC/C=C\C/C=C\CCCCC)OC(=O)CCC/C=C\C/C=C\C/C=C\CCCCCCCC. The van der Waals surface area contributed by atoms with E-state index >= 15 is 0 Å². The molecule has 0 fully saturated rings. The Morgan fingerprint density at radius 2 is 0.586 bits per heavy atom. The van der Waals surface area contributed by atoms with Gasteiger partial charge in [-0.15, -0.1) is 0 Å².